The Morgan fingerprint density at radius 3 is 2.14 bits per heavy atom. The van der Waals surface area contributed by atoms with Crippen LogP contribution in [-0.4, -0.2) is 52.9 Å². The molecule has 1 aliphatic carbocycles. The fourth-order valence-electron chi connectivity index (χ4n) is 4.42. The summed E-state index contributed by atoms with van der Waals surface area (Å²) in [5.74, 6) is -1.10. The van der Waals surface area contributed by atoms with Gasteiger partial charge in [-0.25, -0.2) is 5.01 Å². The van der Waals surface area contributed by atoms with Gasteiger partial charge in [0.2, 0.25) is 11.8 Å². The summed E-state index contributed by atoms with van der Waals surface area (Å²) in [6, 6.07) is 6.80. The minimum Gasteiger partial charge on any atom is -0.399 e. The Kier molecular flexibility index (Phi) is 6.74. The van der Waals surface area contributed by atoms with Gasteiger partial charge in [-0.05, 0) is 49.9 Å². The minimum absolute atomic E-state index is 0.206. The minimum atomic E-state index is -1.01. The van der Waals surface area contributed by atoms with Gasteiger partial charge >= 0.3 is 0 Å². The van der Waals surface area contributed by atoms with E-state index in [1.54, 1.807) is 29.3 Å². The van der Waals surface area contributed by atoms with Gasteiger partial charge < -0.3 is 16.8 Å². The first-order valence-electron chi connectivity index (χ1n) is 10.5. The van der Waals surface area contributed by atoms with Crippen LogP contribution in [0, 0.1) is 0 Å². The largest absolute Gasteiger partial charge is 0.399 e. The van der Waals surface area contributed by atoms with Crippen LogP contribution in [0.1, 0.15) is 61.7 Å². The summed E-state index contributed by atoms with van der Waals surface area (Å²) in [5, 5.41) is 6.39. The molecule has 0 atom stereocenters. The van der Waals surface area contributed by atoms with Crippen LogP contribution >= 0.6 is 0 Å². The topological polar surface area (TPSA) is 122 Å². The molecular weight excluding hydrogens is 370 g/mol. The maximum Gasteiger partial charge on any atom is 0.269 e. The molecule has 29 heavy (non-hydrogen) atoms. The lowest BCUT2D eigenvalue weighted by atomic mass is 9.79. The second kappa shape index (κ2) is 9.26. The molecule has 1 aliphatic heterocycles. The van der Waals surface area contributed by atoms with E-state index in [-0.39, 0.29) is 18.4 Å². The predicted octanol–water partition coefficient (Wildman–Crippen LogP) is 1.42. The number of hydrogen-bond acceptors (Lipinski definition) is 5. The van der Waals surface area contributed by atoms with Crippen LogP contribution in [0.25, 0.3) is 0 Å². The molecule has 0 spiro atoms. The molecular formula is C21H31N5O3. The zero-order chi connectivity index (χ0) is 20.9. The Morgan fingerprint density at radius 1 is 0.966 bits per heavy atom. The molecule has 0 bridgehead atoms. The van der Waals surface area contributed by atoms with E-state index in [0.717, 1.165) is 51.6 Å². The predicted molar refractivity (Wildman–Crippen MR) is 110 cm³/mol. The molecule has 3 amide bonds. The van der Waals surface area contributed by atoms with Crippen LogP contribution in [0.3, 0.4) is 0 Å². The molecule has 1 saturated heterocycles. The van der Waals surface area contributed by atoms with Crippen molar-refractivity contribution in [1.82, 2.24) is 15.3 Å². The molecule has 2 fully saturated rings. The molecule has 0 radical (unpaired) electrons. The van der Waals surface area contributed by atoms with Gasteiger partial charge in [0, 0.05) is 24.3 Å². The average molecular weight is 402 g/mol. The third-order valence-electron chi connectivity index (χ3n) is 5.90. The van der Waals surface area contributed by atoms with Crippen molar-refractivity contribution in [1.29, 1.82) is 0 Å². The van der Waals surface area contributed by atoms with E-state index in [2.05, 4.69) is 5.32 Å². The lowest BCUT2D eigenvalue weighted by molar-refractivity contribution is -0.152. The average Bonchev–Trinajstić information content (AvgIpc) is 2.74. The van der Waals surface area contributed by atoms with Crippen LogP contribution in [0.2, 0.25) is 0 Å². The Bertz CT molecular complexity index is 737. The maximum absolute atomic E-state index is 13.7. The van der Waals surface area contributed by atoms with Gasteiger partial charge in [0.25, 0.3) is 5.91 Å². The fourth-order valence-corrected chi connectivity index (χ4v) is 4.42. The van der Waals surface area contributed by atoms with Crippen molar-refractivity contribution in [3.05, 3.63) is 29.8 Å². The summed E-state index contributed by atoms with van der Waals surface area (Å²) >= 11 is 0. The summed E-state index contributed by atoms with van der Waals surface area (Å²) in [4.78, 5) is 38.3. The highest BCUT2D eigenvalue weighted by Crippen LogP contribution is 2.37. The molecule has 8 heteroatoms. The van der Waals surface area contributed by atoms with Crippen LogP contribution < -0.4 is 16.8 Å². The zero-order valence-corrected chi connectivity index (χ0v) is 16.9. The van der Waals surface area contributed by atoms with Gasteiger partial charge in [0.1, 0.15) is 5.54 Å². The van der Waals surface area contributed by atoms with Crippen LogP contribution in [-0.2, 0) is 9.59 Å². The van der Waals surface area contributed by atoms with Gasteiger partial charge in [0.05, 0.1) is 6.54 Å². The van der Waals surface area contributed by atoms with Gasteiger partial charge in [0.15, 0.2) is 0 Å². The number of nitrogens with one attached hydrogen (secondary N) is 1. The third-order valence-corrected chi connectivity index (χ3v) is 5.90. The highest BCUT2D eigenvalue weighted by Gasteiger charge is 2.49. The molecule has 3 rings (SSSR count). The lowest BCUT2D eigenvalue weighted by Gasteiger charge is -2.50. The highest BCUT2D eigenvalue weighted by molar-refractivity contribution is 5.99. The summed E-state index contributed by atoms with van der Waals surface area (Å²) in [5.41, 5.74) is 11.1. The number of amides is 3. The fraction of sp³-hybridized carbons (Fsp3) is 0.571. The third kappa shape index (κ3) is 4.70. The Hall–Kier alpha value is -2.61. The summed E-state index contributed by atoms with van der Waals surface area (Å²) in [6.07, 6.45) is 6.92. The van der Waals surface area contributed by atoms with Gasteiger partial charge in [-0.2, -0.15) is 0 Å². The van der Waals surface area contributed by atoms with E-state index in [1.165, 1.54) is 0 Å². The van der Waals surface area contributed by atoms with E-state index in [4.69, 9.17) is 11.5 Å². The van der Waals surface area contributed by atoms with Crippen molar-refractivity contribution in [2.24, 2.45) is 5.73 Å². The van der Waals surface area contributed by atoms with E-state index >= 15 is 0 Å². The molecule has 5 N–H and O–H groups in total. The molecule has 8 nitrogen and oxygen atoms in total. The van der Waals surface area contributed by atoms with E-state index in [9.17, 15) is 14.4 Å². The van der Waals surface area contributed by atoms with Gasteiger partial charge in [-0.3, -0.25) is 19.4 Å². The van der Waals surface area contributed by atoms with E-state index in [1.807, 2.05) is 5.01 Å². The molecule has 158 valence electrons. The van der Waals surface area contributed by atoms with Gasteiger partial charge in [-0.15, -0.1) is 0 Å². The summed E-state index contributed by atoms with van der Waals surface area (Å²) in [7, 11) is 0. The number of nitrogens with two attached hydrogens (primary N) is 2. The van der Waals surface area contributed by atoms with Crippen molar-refractivity contribution in [2.45, 2.75) is 56.9 Å². The first-order valence-corrected chi connectivity index (χ1v) is 10.5. The quantitative estimate of drug-likeness (QED) is 0.622. The second-order valence-corrected chi connectivity index (χ2v) is 7.99. The summed E-state index contributed by atoms with van der Waals surface area (Å²) < 4.78 is 0. The van der Waals surface area contributed by atoms with Crippen molar-refractivity contribution in [3.8, 4) is 0 Å². The maximum atomic E-state index is 13.7. The SMILES string of the molecule is NC(=O)CNC(=O)C1(N(C(=O)c2ccc(N)cc2)N2CCCCC2)CCCCC1. The number of benzene rings is 1. The molecule has 1 aromatic carbocycles. The number of nitrogens with zero attached hydrogens (tertiary/aromatic N) is 2. The Balaban J connectivity index is 1.99. The van der Waals surface area contributed by atoms with Crippen molar-refractivity contribution in [2.75, 3.05) is 25.4 Å². The van der Waals surface area contributed by atoms with Gasteiger partial charge in [-0.1, -0.05) is 25.7 Å². The Morgan fingerprint density at radius 2 is 1.55 bits per heavy atom. The standard InChI is InChI=1S/C21H31N5O3/c22-17-9-7-16(8-10-17)19(28)26(25-13-5-2-6-14-25)21(11-3-1-4-12-21)20(29)24-15-18(23)27/h7-10H,1-6,11-15,22H2,(H2,23,27)(H,24,29). The molecule has 1 aromatic rings. The lowest BCUT2D eigenvalue weighted by Crippen LogP contribution is -2.67. The number of rotatable bonds is 6. The number of piperidine rings is 1. The monoisotopic (exact) mass is 401 g/mol. The van der Waals surface area contributed by atoms with Crippen molar-refractivity contribution >= 4 is 23.4 Å². The van der Waals surface area contributed by atoms with E-state index < -0.39 is 11.4 Å². The first-order chi connectivity index (χ1) is 13.9. The molecule has 0 aromatic heterocycles. The zero-order valence-electron chi connectivity index (χ0n) is 16.9. The molecule has 0 unspecified atom stereocenters. The normalized spacial score (nSPS) is 19.3. The van der Waals surface area contributed by atoms with Crippen molar-refractivity contribution < 1.29 is 14.4 Å². The molecule has 1 heterocycles. The van der Waals surface area contributed by atoms with Crippen LogP contribution in [0.4, 0.5) is 5.69 Å². The molecule has 2 aliphatic rings. The number of hydrogen-bond donors (Lipinski definition) is 3. The van der Waals surface area contributed by atoms with Crippen LogP contribution in [0.15, 0.2) is 24.3 Å². The number of carbonyl (C=O) groups is 3. The first kappa shape index (κ1) is 21.1. The number of hydrazine groups is 1. The smallest absolute Gasteiger partial charge is 0.269 e. The molecule has 1 saturated carbocycles. The second-order valence-electron chi connectivity index (χ2n) is 7.99. The number of nitrogen functional groups attached to an aromatic ring is 1. The highest BCUT2D eigenvalue weighted by atomic mass is 16.2. The summed E-state index contributed by atoms with van der Waals surface area (Å²) in [6.45, 7) is 1.22. The van der Waals surface area contributed by atoms with Crippen LogP contribution in [0.5, 0.6) is 0 Å². The number of anilines is 1. The number of primary amides is 1. The van der Waals surface area contributed by atoms with Crippen molar-refractivity contribution in [3.63, 3.8) is 0 Å². The van der Waals surface area contributed by atoms with E-state index in [0.29, 0.717) is 24.1 Å². The number of carbonyl (C=O) groups excluding carboxylic acids is 3. The Labute approximate surface area is 171 Å².